The van der Waals surface area contributed by atoms with Gasteiger partial charge in [-0.15, -0.1) is 11.3 Å². The number of nitrogens with zero attached hydrogens (tertiary/aromatic N) is 2. The summed E-state index contributed by atoms with van der Waals surface area (Å²) in [7, 11) is 3.22. The summed E-state index contributed by atoms with van der Waals surface area (Å²) in [5, 5.41) is 2.86. The van der Waals surface area contributed by atoms with Crippen LogP contribution in [0.25, 0.3) is 11.3 Å². The van der Waals surface area contributed by atoms with Crippen LogP contribution >= 0.6 is 11.3 Å². The first-order valence-corrected chi connectivity index (χ1v) is 8.32. The quantitative estimate of drug-likeness (QED) is 0.713. The number of aromatic nitrogens is 2. The van der Waals surface area contributed by atoms with Crippen LogP contribution in [0.1, 0.15) is 10.6 Å². The average molecular weight is 342 g/mol. The van der Waals surface area contributed by atoms with Crippen LogP contribution in [-0.4, -0.2) is 23.8 Å². The molecule has 3 rings (SSSR count). The second-order valence-electron chi connectivity index (χ2n) is 5.37. The lowest BCUT2D eigenvalue weighted by atomic mass is 10.1. The lowest BCUT2D eigenvalue weighted by Crippen LogP contribution is -2.19. The molecule has 0 spiro atoms. The van der Waals surface area contributed by atoms with Gasteiger partial charge in [0.25, 0.3) is 5.56 Å². The fourth-order valence-electron chi connectivity index (χ4n) is 2.39. The van der Waals surface area contributed by atoms with Gasteiger partial charge >= 0.3 is 0 Å². The van der Waals surface area contributed by atoms with Crippen LogP contribution in [0, 0.1) is 6.92 Å². The van der Waals surface area contributed by atoms with E-state index in [4.69, 9.17) is 9.47 Å². The van der Waals surface area contributed by atoms with E-state index in [-0.39, 0.29) is 5.56 Å². The molecule has 1 aromatic carbocycles. The molecule has 0 amide bonds. The molecular weight excluding hydrogens is 324 g/mol. The number of methoxy groups -OCH3 is 2. The monoisotopic (exact) mass is 342 g/mol. The minimum atomic E-state index is -0.0159. The predicted octanol–water partition coefficient (Wildman–Crippen LogP) is 3.35. The fraction of sp³-hybridized carbons (Fsp3) is 0.222. The average Bonchev–Trinajstić information content (AvgIpc) is 3.05. The smallest absolute Gasteiger partial charge is 0.251 e. The Morgan fingerprint density at radius 1 is 1.12 bits per heavy atom. The van der Waals surface area contributed by atoms with Gasteiger partial charge in [-0.25, -0.2) is 4.98 Å². The molecule has 0 aliphatic rings. The van der Waals surface area contributed by atoms with Crippen molar-refractivity contribution in [2.75, 3.05) is 14.2 Å². The van der Waals surface area contributed by atoms with E-state index in [0.29, 0.717) is 18.0 Å². The summed E-state index contributed by atoms with van der Waals surface area (Å²) in [6.45, 7) is 2.38. The molecule has 2 heterocycles. The van der Waals surface area contributed by atoms with E-state index in [0.717, 1.165) is 21.8 Å². The van der Waals surface area contributed by atoms with Gasteiger partial charge in [-0.2, -0.15) is 0 Å². The summed E-state index contributed by atoms with van der Waals surface area (Å²) in [4.78, 5) is 16.6. The maximum Gasteiger partial charge on any atom is 0.251 e. The first-order chi connectivity index (χ1) is 11.6. The van der Waals surface area contributed by atoms with Gasteiger partial charge in [0, 0.05) is 23.2 Å². The van der Waals surface area contributed by atoms with Gasteiger partial charge in [0.15, 0.2) is 11.5 Å². The Kier molecular flexibility index (Phi) is 4.66. The molecule has 0 aliphatic heterocycles. The molecule has 6 heteroatoms. The van der Waals surface area contributed by atoms with E-state index in [1.807, 2.05) is 36.6 Å². The first-order valence-electron chi connectivity index (χ1n) is 7.44. The van der Waals surface area contributed by atoms with Gasteiger partial charge in [0.05, 0.1) is 26.5 Å². The summed E-state index contributed by atoms with van der Waals surface area (Å²) in [5.74, 6) is 1.35. The number of hydrogen-bond acceptors (Lipinski definition) is 5. The van der Waals surface area contributed by atoms with Gasteiger partial charge in [-0.1, -0.05) is 0 Å². The fourth-order valence-corrected chi connectivity index (χ4v) is 3.20. The molecule has 0 saturated heterocycles. The molecule has 5 nitrogen and oxygen atoms in total. The Labute approximate surface area is 144 Å². The maximum absolute atomic E-state index is 12.0. The zero-order valence-corrected chi connectivity index (χ0v) is 14.6. The molecule has 0 atom stereocenters. The standard InChI is InChI=1S/C18H18N2O3S/c1-12-6-7-20(18(21)8-12)10-17-19-14(11-24-17)13-4-5-15(22-2)16(9-13)23-3/h4-9,11H,10H2,1-3H3. The number of rotatable bonds is 5. The Hall–Kier alpha value is -2.60. The van der Waals surface area contributed by atoms with E-state index in [1.54, 1.807) is 31.0 Å². The van der Waals surface area contributed by atoms with Crippen molar-refractivity contribution in [3.63, 3.8) is 0 Å². The van der Waals surface area contributed by atoms with Crippen molar-refractivity contribution in [1.82, 2.24) is 9.55 Å². The van der Waals surface area contributed by atoms with Crippen LogP contribution in [0.2, 0.25) is 0 Å². The van der Waals surface area contributed by atoms with Crippen molar-refractivity contribution in [2.24, 2.45) is 0 Å². The number of pyridine rings is 1. The van der Waals surface area contributed by atoms with E-state index in [1.165, 1.54) is 11.3 Å². The molecule has 0 radical (unpaired) electrons. The van der Waals surface area contributed by atoms with E-state index in [2.05, 4.69) is 4.98 Å². The Morgan fingerprint density at radius 2 is 1.92 bits per heavy atom. The van der Waals surface area contributed by atoms with Crippen molar-refractivity contribution < 1.29 is 9.47 Å². The van der Waals surface area contributed by atoms with E-state index >= 15 is 0 Å². The highest BCUT2D eigenvalue weighted by Crippen LogP contribution is 2.32. The molecule has 3 aromatic rings. The van der Waals surface area contributed by atoms with Crippen LogP contribution in [0.4, 0.5) is 0 Å². The number of ether oxygens (including phenoxy) is 2. The van der Waals surface area contributed by atoms with Crippen LogP contribution in [0.5, 0.6) is 11.5 Å². The van der Waals surface area contributed by atoms with Crippen molar-refractivity contribution >= 4 is 11.3 Å². The van der Waals surface area contributed by atoms with Gasteiger partial charge in [-0.3, -0.25) is 4.79 Å². The maximum atomic E-state index is 12.0. The van der Waals surface area contributed by atoms with Crippen molar-refractivity contribution in [3.8, 4) is 22.8 Å². The highest BCUT2D eigenvalue weighted by Gasteiger charge is 2.10. The Morgan fingerprint density at radius 3 is 2.62 bits per heavy atom. The molecule has 0 bridgehead atoms. The summed E-state index contributed by atoms with van der Waals surface area (Å²) >= 11 is 1.53. The number of thiazole rings is 1. The molecule has 124 valence electrons. The third-order valence-corrected chi connectivity index (χ3v) is 4.52. The minimum Gasteiger partial charge on any atom is -0.493 e. The van der Waals surface area contributed by atoms with Crippen LogP contribution < -0.4 is 15.0 Å². The molecule has 24 heavy (non-hydrogen) atoms. The zero-order valence-electron chi connectivity index (χ0n) is 13.8. The second kappa shape index (κ2) is 6.88. The Balaban J connectivity index is 1.86. The number of aryl methyl sites for hydroxylation is 1. The molecule has 2 aromatic heterocycles. The molecule has 0 saturated carbocycles. The molecular formula is C18H18N2O3S. The second-order valence-corrected chi connectivity index (χ2v) is 6.31. The lowest BCUT2D eigenvalue weighted by Gasteiger charge is -2.08. The Bertz CT molecular complexity index is 915. The molecule has 0 aliphatic carbocycles. The van der Waals surface area contributed by atoms with E-state index in [9.17, 15) is 4.79 Å². The van der Waals surface area contributed by atoms with Gasteiger partial charge in [0.2, 0.25) is 0 Å². The van der Waals surface area contributed by atoms with Crippen LogP contribution in [-0.2, 0) is 6.54 Å². The molecule has 0 unspecified atom stereocenters. The van der Waals surface area contributed by atoms with Crippen LogP contribution in [0.3, 0.4) is 0 Å². The predicted molar refractivity (Wildman–Crippen MR) is 95.2 cm³/mol. The van der Waals surface area contributed by atoms with Crippen molar-refractivity contribution in [2.45, 2.75) is 13.5 Å². The summed E-state index contributed by atoms with van der Waals surface area (Å²) in [6, 6.07) is 9.25. The third kappa shape index (κ3) is 3.33. The van der Waals surface area contributed by atoms with E-state index < -0.39 is 0 Å². The molecule has 0 N–H and O–H groups in total. The summed E-state index contributed by atoms with van der Waals surface area (Å²) in [5.41, 5.74) is 2.75. The summed E-state index contributed by atoms with van der Waals surface area (Å²) in [6.07, 6.45) is 1.80. The van der Waals surface area contributed by atoms with Gasteiger partial charge < -0.3 is 14.0 Å². The van der Waals surface area contributed by atoms with Crippen molar-refractivity contribution in [3.05, 3.63) is 62.8 Å². The van der Waals surface area contributed by atoms with Gasteiger partial charge in [0.1, 0.15) is 5.01 Å². The first kappa shape index (κ1) is 16.3. The number of hydrogen-bond donors (Lipinski definition) is 0. The lowest BCUT2D eigenvalue weighted by molar-refractivity contribution is 0.355. The van der Waals surface area contributed by atoms with Crippen molar-refractivity contribution in [1.29, 1.82) is 0 Å². The third-order valence-electron chi connectivity index (χ3n) is 3.69. The summed E-state index contributed by atoms with van der Waals surface area (Å²) < 4.78 is 12.2. The minimum absolute atomic E-state index is 0.0159. The van der Waals surface area contributed by atoms with Crippen LogP contribution in [0.15, 0.2) is 46.7 Å². The highest BCUT2D eigenvalue weighted by atomic mass is 32.1. The van der Waals surface area contributed by atoms with Gasteiger partial charge in [-0.05, 0) is 36.8 Å². The number of benzene rings is 1. The normalized spacial score (nSPS) is 10.6. The zero-order chi connectivity index (χ0) is 17.1. The molecule has 0 fully saturated rings. The SMILES string of the molecule is COc1ccc(-c2csc(Cn3ccc(C)cc3=O)n2)cc1OC. The topological polar surface area (TPSA) is 53.4 Å². The largest absolute Gasteiger partial charge is 0.493 e. The highest BCUT2D eigenvalue weighted by molar-refractivity contribution is 7.09.